The Morgan fingerprint density at radius 2 is 1.75 bits per heavy atom. The largest absolute Gasteiger partial charge is 0.376 e. The normalized spacial score (nSPS) is 19.8. The van der Waals surface area contributed by atoms with Gasteiger partial charge < -0.3 is 4.74 Å². The van der Waals surface area contributed by atoms with Crippen molar-refractivity contribution in [1.29, 1.82) is 0 Å². The smallest absolute Gasteiger partial charge is 0.241 e. The molecular weight excluding hydrogens is 322 g/mol. The average molecular weight is 345 g/mol. The molecule has 0 aliphatic carbocycles. The van der Waals surface area contributed by atoms with Gasteiger partial charge in [-0.3, -0.25) is 0 Å². The first-order chi connectivity index (χ1) is 11.6. The Balaban J connectivity index is 1.89. The SMILES string of the molecule is Cc1ccc(S(=O)(=O)NC(c2ccccc2)C2CCCCO2)cc1. The number of hydrogen-bond donors (Lipinski definition) is 1. The molecule has 2 atom stereocenters. The van der Waals surface area contributed by atoms with Crippen LogP contribution in [0.5, 0.6) is 0 Å². The Kier molecular flexibility index (Phi) is 5.33. The van der Waals surface area contributed by atoms with E-state index in [9.17, 15) is 8.42 Å². The Morgan fingerprint density at radius 3 is 2.38 bits per heavy atom. The minimum atomic E-state index is -3.60. The molecule has 0 saturated carbocycles. The molecule has 2 aromatic carbocycles. The second-order valence-corrected chi connectivity index (χ2v) is 7.94. The Hall–Kier alpha value is -1.69. The van der Waals surface area contributed by atoms with Crippen molar-refractivity contribution in [2.45, 2.75) is 43.2 Å². The van der Waals surface area contributed by atoms with E-state index in [1.807, 2.05) is 49.4 Å². The van der Waals surface area contributed by atoms with Crippen LogP contribution in [0.4, 0.5) is 0 Å². The van der Waals surface area contributed by atoms with Crippen LogP contribution in [0.1, 0.15) is 36.4 Å². The topological polar surface area (TPSA) is 55.4 Å². The fourth-order valence-corrected chi connectivity index (χ4v) is 4.25. The van der Waals surface area contributed by atoms with Crippen molar-refractivity contribution in [3.05, 3.63) is 65.7 Å². The number of hydrogen-bond acceptors (Lipinski definition) is 3. The van der Waals surface area contributed by atoms with E-state index in [2.05, 4.69) is 4.72 Å². The summed E-state index contributed by atoms with van der Waals surface area (Å²) in [7, 11) is -3.60. The predicted octanol–water partition coefficient (Wildman–Crippen LogP) is 3.58. The number of benzene rings is 2. The van der Waals surface area contributed by atoms with Crippen molar-refractivity contribution >= 4 is 10.0 Å². The van der Waals surface area contributed by atoms with Crippen LogP contribution in [-0.4, -0.2) is 21.1 Å². The molecule has 0 spiro atoms. The molecule has 24 heavy (non-hydrogen) atoms. The van der Waals surface area contributed by atoms with E-state index >= 15 is 0 Å². The standard InChI is InChI=1S/C19H23NO3S/c1-15-10-12-17(13-11-15)24(21,22)20-19(16-7-3-2-4-8-16)18-9-5-6-14-23-18/h2-4,7-8,10-13,18-20H,5-6,9,14H2,1H3. The number of ether oxygens (including phenoxy) is 1. The van der Waals surface area contributed by atoms with E-state index in [1.54, 1.807) is 12.1 Å². The molecule has 2 aromatic rings. The average Bonchev–Trinajstić information content (AvgIpc) is 2.62. The first-order valence-corrected chi connectivity index (χ1v) is 9.80. The summed E-state index contributed by atoms with van der Waals surface area (Å²) in [6.45, 7) is 2.62. The zero-order valence-electron chi connectivity index (χ0n) is 13.8. The summed E-state index contributed by atoms with van der Waals surface area (Å²) in [6, 6.07) is 16.2. The van der Waals surface area contributed by atoms with Crippen molar-refractivity contribution < 1.29 is 13.2 Å². The molecule has 1 aliphatic heterocycles. The predicted molar refractivity (Wildman–Crippen MR) is 94.3 cm³/mol. The molecule has 5 heteroatoms. The molecule has 0 amide bonds. The van der Waals surface area contributed by atoms with Gasteiger partial charge in [-0.15, -0.1) is 0 Å². The quantitative estimate of drug-likeness (QED) is 0.901. The summed E-state index contributed by atoms with van der Waals surface area (Å²) in [5, 5.41) is 0. The van der Waals surface area contributed by atoms with Crippen LogP contribution < -0.4 is 4.72 Å². The minimum absolute atomic E-state index is 0.138. The van der Waals surface area contributed by atoms with Crippen LogP contribution in [0.2, 0.25) is 0 Å². The van der Waals surface area contributed by atoms with Gasteiger partial charge in [0.25, 0.3) is 0 Å². The van der Waals surface area contributed by atoms with Gasteiger partial charge in [0.05, 0.1) is 17.0 Å². The molecular formula is C19H23NO3S. The van der Waals surface area contributed by atoms with E-state index in [-0.39, 0.29) is 17.0 Å². The lowest BCUT2D eigenvalue weighted by Crippen LogP contribution is -2.39. The lowest BCUT2D eigenvalue weighted by molar-refractivity contribution is -0.00347. The third kappa shape index (κ3) is 4.04. The molecule has 1 fully saturated rings. The molecule has 2 unspecified atom stereocenters. The number of rotatable bonds is 5. The van der Waals surface area contributed by atoms with Gasteiger partial charge in [0.2, 0.25) is 10.0 Å². The summed E-state index contributed by atoms with van der Waals surface area (Å²) in [5.74, 6) is 0. The molecule has 0 aromatic heterocycles. The summed E-state index contributed by atoms with van der Waals surface area (Å²) >= 11 is 0. The maximum Gasteiger partial charge on any atom is 0.241 e. The van der Waals surface area contributed by atoms with Crippen LogP contribution in [0.15, 0.2) is 59.5 Å². The lowest BCUT2D eigenvalue weighted by atomic mass is 9.97. The first-order valence-electron chi connectivity index (χ1n) is 8.32. The highest BCUT2D eigenvalue weighted by Crippen LogP contribution is 2.28. The van der Waals surface area contributed by atoms with E-state index in [4.69, 9.17) is 4.74 Å². The maximum absolute atomic E-state index is 12.8. The second kappa shape index (κ2) is 7.47. The van der Waals surface area contributed by atoms with Gasteiger partial charge in [-0.25, -0.2) is 13.1 Å². The summed E-state index contributed by atoms with van der Waals surface area (Å²) in [4.78, 5) is 0.282. The first kappa shape index (κ1) is 17.1. The summed E-state index contributed by atoms with van der Waals surface area (Å²) < 4.78 is 34.3. The highest BCUT2D eigenvalue weighted by atomic mass is 32.2. The van der Waals surface area contributed by atoms with Crippen LogP contribution in [0.25, 0.3) is 0 Å². The fraction of sp³-hybridized carbons (Fsp3) is 0.368. The zero-order valence-corrected chi connectivity index (χ0v) is 14.6. The van der Waals surface area contributed by atoms with Crippen LogP contribution in [0.3, 0.4) is 0 Å². The third-order valence-corrected chi connectivity index (χ3v) is 5.82. The Labute approximate surface area is 143 Å². The van der Waals surface area contributed by atoms with Gasteiger partial charge in [-0.1, -0.05) is 48.0 Å². The molecule has 128 valence electrons. The van der Waals surface area contributed by atoms with Gasteiger partial charge in [0.1, 0.15) is 0 Å². The van der Waals surface area contributed by atoms with E-state index in [1.165, 1.54) is 0 Å². The van der Waals surface area contributed by atoms with Crippen LogP contribution in [0, 0.1) is 6.92 Å². The van der Waals surface area contributed by atoms with Crippen LogP contribution >= 0.6 is 0 Å². The van der Waals surface area contributed by atoms with Crippen molar-refractivity contribution in [2.24, 2.45) is 0 Å². The highest BCUT2D eigenvalue weighted by Gasteiger charge is 2.30. The molecule has 1 heterocycles. The third-order valence-electron chi connectivity index (χ3n) is 4.36. The number of nitrogens with one attached hydrogen (secondary N) is 1. The highest BCUT2D eigenvalue weighted by molar-refractivity contribution is 7.89. The molecule has 4 nitrogen and oxygen atoms in total. The lowest BCUT2D eigenvalue weighted by Gasteiger charge is -2.31. The molecule has 1 saturated heterocycles. The fourth-order valence-electron chi connectivity index (χ4n) is 3.00. The van der Waals surface area contributed by atoms with Gasteiger partial charge in [-0.05, 0) is 43.9 Å². The van der Waals surface area contributed by atoms with E-state index < -0.39 is 10.0 Å². The second-order valence-electron chi connectivity index (χ2n) is 6.23. The monoisotopic (exact) mass is 345 g/mol. The van der Waals surface area contributed by atoms with E-state index in [0.717, 1.165) is 30.4 Å². The van der Waals surface area contributed by atoms with Gasteiger partial charge in [0, 0.05) is 6.61 Å². The van der Waals surface area contributed by atoms with E-state index in [0.29, 0.717) is 6.61 Å². The summed E-state index contributed by atoms with van der Waals surface area (Å²) in [5.41, 5.74) is 1.96. The maximum atomic E-state index is 12.8. The molecule has 0 radical (unpaired) electrons. The van der Waals surface area contributed by atoms with Crippen LogP contribution in [-0.2, 0) is 14.8 Å². The molecule has 1 N–H and O–H groups in total. The number of sulfonamides is 1. The summed E-state index contributed by atoms with van der Waals surface area (Å²) in [6.07, 6.45) is 2.81. The zero-order chi connectivity index (χ0) is 17.0. The molecule has 0 bridgehead atoms. The van der Waals surface area contributed by atoms with Crippen molar-refractivity contribution in [2.75, 3.05) is 6.61 Å². The Bertz CT molecular complexity index is 751. The Morgan fingerprint density at radius 1 is 1.04 bits per heavy atom. The molecule has 1 aliphatic rings. The van der Waals surface area contributed by atoms with Crippen molar-refractivity contribution in [3.8, 4) is 0 Å². The van der Waals surface area contributed by atoms with Crippen molar-refractivity contribution in [3.63, 3.8) is 0 Å². The number of aryl methyl sites for hydroxylation is 1. The van der Waals surface area contributed by atoms with Gasteiger partial charge >= 0.3 is 0 Å². The minimum Gasteiger partial charge on any atom is -0.376 e. The van der Waals surface area contributed by atoms with Gasteiger partial charge in [-0.2, -0.15) is 0 Å². The molecule has 3 rings (SSSR count). The van der Waals surface area contributed by atoms with Crippen molar-refractivity contribution in [1.82, 2.24) is 4.72 Å². The van der Waals surface area contributed by atoms with Gasteiger partial charge in [0.15, 0.2) is 0 Å².